The Morgan fingerprint density at radius 2 is 1.27 bits per heavy atom. The van der Waals surface area contributed by atoms with Gasteiger partial charge < -0.3 is 56.0 Å². The van der Waals surface area contributed by atoms with Crippen LogP contribution in [0, 0.1) is 11.6 Å². The van der Waals surface area contributed by atoms with Crippen LogP contribution in [0.4, 0.5) is 8.78 Å². The van der Waals surface area contributed by atoms with Crippen LogP contribution in [-0.2, 0) is 87.4 Å². The van der Waals surface area contributed by atoms with Gasteiger partial charge in [0.25, 0.3) is 5.91 Å². The van der Waals surface area contributed by atoms with E-state index in [-0.39, 0.29) is 50.5 Å². The molecule has 7 N–H and O–H groups in total. The second-order valence-corrected chi connectivity index (χ2v) is 27.5. The van der Waals surface area contributed by atoms with Crippen LogP contribution in [0.1, 0.15) is 59.8 Å². The van der Waals surface area contributed by atoms with Gasteiger partial charge in [-0.05, 0) is 96.1 Å². The quantitative estimate of drug-likeness (QED) is 0.0708. The first-order valence-electron chi connectivity index (χ1n) is 30.4. The molecule has 2 bridgehead atoms. The fourth-order valence-corrected chi connectivity index (χ4v) is 14.8. The molecule has 1 fully saturated rings. The number of hydrogen-bond acceptors (Lipinski definition) is 13. The molecular formula is C65H73F2I2N13O10S2. The van der Waals surface area contributed by atoms with Crippen LogP contribution in [0.3, 0.4) is 0 Å². The number of hydrogen-bond donors (Lipinski definition) is 7. The lowest BCUT2D eigenvalue weighted by molar-refractivity contribution is -0.143. The van der Waals surface area contributed by atoms with Crippen LogP contribution >= 0.6 is 69.3 Å². The van der Waals surface area contributed by atoms with Gasteiger partial charge in [-0.25, -0.2) is 13.8 Å². The number of methoxy groups -OCH3 is 1. The van der Waals surface area contributed by atoms with E-state index in [1.165, 1.54) is 62.6 Å². The average molecular weight is 1550 g/mol. The zero-order valence-electron chi connectivity index (χ0n) is 52.1. The lowest BCUT2D eigenvalue weighted by Crippen LogP contribution is -2.59. The molecule has 94 heavy (non-hydrogen) atoms. The largest absolute Gasteiger partial charge is 0.497 e. The number of likely N-dealkylation sites (N-methyl/N-ethyl adjacent to an activating group) is 1. The first kappa shape index (κ1) is 70.5. The van der Waals surface area contributed by atoms with Gasteiger partial charge in [0.1, 0.15) is 59.5 Å². The number of fused-ring (bicyclic) bond motifs is 5. The van der Waals surface area contributed by atoms with Crippen LogP contribution in [0.25, 0.3) is 21.8 Å². The molecule has 7 aromatic rings. The summed E-state index contributed by atoms with van der Waals surface area (Å²) in [6, 6.07) is 15.7. The van der Waals surface area contributed by atoms with Crippen LogP contribution in [0.15, 0.2) is 110 Å². The highest BCUT2D eigenvalue weighted by Crippen LogP contribution is 2.29. The molecule has 29 heteroatoms. The second kappa shape index (κ2) is 33.1. The molecule has 6 atom stereocenters. The third-order valence-corrected chi connectivity index (χ3v) is 20.0. The predicted molar refractivity (Wildman–Crippen MR) is 370 cm³/mol. The number of aromatic nitrogens is 4. The molecule has 3 aromatic heterocycles. The minimum atomic E-state index is -1.53. The Morgan fingerprint density at radius 3 is 1.95 bits per heavy atom. The number of imidazole rings is 1. The van der Waals surface area contributed by atoms with E-state index in [2.05, 4.69) is 47.9 Å². The number of nitrogens with zero attached hydrogens (tertiary/aromatic N) is 6. The van der Waals surface area contributed by atoms with E-state index >= 15 is 18.8 Å². The molecule has 0 saturated carbocycles. The number of halogens is 4. The molecule has 2 aliphatic rings. The Bertz CT molecular complexity index is 3910. The third kappa shape index (κ3) is 18.8. The number of H-pyrrole nitrogens is 1. The first-order valence-corrected chi connectivity index (χ1v) is 34.7. The fraction of sp³-hybridized carbons (Fsp3) is 0.385. The number of ether oxygens (including phenoxy) is 1. The van der Waals surface area contributed by atoms with Crippen molar-refractivity contribution >= 4 is 144 Å². The van der Waals surface area contributed by atoms with Crippen molar-refractivity contribution in [3.63, 3.8) is 0 Å². The number of thioether (sulfide) groups is 2. The highest BCUT2D eigenvalue weighted by atomic mass is 127. The van der Waals surface area contributed by atoms with Crippen LogP contribution in [-0.4, -0.2) is 171 Å². The molecule has 23 nitrogen and oxygen atoms in total. The topological polar surface area (TPSA) is 283 Å². The van der Waals surface area contributed by atoms with E-state index in [0.29, 0.717) is 92.5 Å². The summed E-state index contributed by atoms with van der Waals surface area (Å²) in [5, 5.41) is 17.1. The summed E-state index contributed by atoms with van der Waals surface area (Å²) in [6.07, 6.45) is 6.61. The molecular weight excluding hydrogens is 1480 g/mol. The third-order valence-electron chi connectivity index (χ3n) is 16.2. The standard InChI is InChI=1S/C65H73F2I2N13O10S2/c1-38-60(86)72-32-58(84)74-49(27-42-33-78(2)53-16-12-44(66)29-47(42)53)61(87)77-52(28-43-34-82(69)54-17-13-45(67)30-48(43)54)63(89)79(3)35-59(85)75-50(31-56-70-19-20-71-56)62(88)76-51(26-39-10-14-46(92-4)15-11-39)64(90)80-21-6-9-55(80)65(91)81(68)22-24-94-37-41-8-5-7-40(25-41)36-93-23-18-57(83)73-38/h5,7-8,10-17,19-20,25,29-30,33-34,38,49-52,55H,6,9,18,21-24,26-28,31-32,35-37H2,1-4H3,(H,70,71)(H,72,86)(H,73,83)(H,74,84)(H,75,85)(H,76,88)(H,77,87)/t38-,49-,50-,51-,52-,55?/m0/s1. The van der Waals surface area contributed by atoms with Crippen LogP contribution in [0.2, 0.25) is 0 Å². The molecule has 498 valence electrons. The number of carbonyl (C=O) groups excluding carboxylic acids is 9. The van der Waals surface area contributed by atoms with E-state index in [1.54, 1.807) is 89.8 Å². The number of carbonyl (C=O) groups is 9. The van der Waals surface area contributed by atoms with E-state index in [4.69, 9.17) is 4.74 Å². The Hall–Kier alpha value is -7.78. The molecule has 0 radical (unpaired) electrons. The molecule has 1 saturated heterocycles. The van der Waals surface area contributed by atoms with Gasteiger partial charge in [-0.2, -0.15) is 23.5 Å². The van der Waals surface area contributed by atoms with Gasteiger partial charge in [-0.3, -0.25) is 49.0 Å². The number of benzene rings is 4. The van der Waals surface area contributed by atoms with E-state index in [9.17, 15) is 33.2 Å². The Kier molecular flexibility index (Phi) is 24.8. The lowest BCUT2D eigenvalue weighted by Gasteiger charge is -2.31. The summed E-state index contributed by atoms with van der Waals surface area (Å²) in [6.45, 7) is 0.757. The minimum Gasteiger partial charge on any atom is -0.497 e. The molecule has 1 unspecified atom stereocenters. The summed E-state index contributed by atoms with van der Waals surface area (Å²) >= 11 is 7.18. The Labute approximate surface area is 578 Å². The monoisotopic (exact) mass is 1550 g/mol. The number of aromatic amines is 1. The van der Waals surface area contributed by atoms with Crippen LogP contribution in [0.5, 0.6) is 5.75 Å². The molecule has 0 aliphatic carbocycles. The minimum absolute atomic E-state index is 0.0108. The average Bonchev–Trinajstić information content (AvgIpc) is 1.65. The Balaban J connectivity index is 1.02. The van der Waals surface area contributed by atoms with Gasteiger partial charge in [-0.1, -0.05) is 36.4 Å². The van der Waals surface area contributed by atoms with Crippen molar-refractivity contribution in [2.75, 3.05) is 51.8 Å². The van der Waals surface area contributed by atoms with E-state index in [0.717, 1.165) is 16.0 Å². The molecule has 9 amide bonds. The summed E-state index contributed by atoms with van der Waals surface area (Å²) in [4.78, 5) is 139. The number of rotatable bonds is 9. The van der Waals surface area contributed by atoms with E-state index < -0.39 is 102 Å². The van der Waals surface area contributed by atoms with Gasteiger partial charge in [0.2, 0.25) is 47.3 Å². The molecule has 4 aromatic carbocycles. The predicted octanol–water partition coefficient (Wildman–Crippen LogP) is 5.37. The molecule has 0 spiro atoms. The van der Waals surface area contributed by atoms with Crippen molar-refractivity contribution < 1.29 is 56.7 Å². The Morgan fingerprint density at radius 1 is 0.638 bits per heavy atom. The number of amides is 9. The van der Waals surface area contributed by atoms with Gasteiger partial charge in [0, 0.05) is 123 Å². The van der Waals surface area contributed by atoms with Crippen molar-refractivity contribution in [1.29, 1.82) is 0 Å². The molecule has 5 heterocycles. The van der Waals surface area contributed by atoms with Gasteiger partial charge in [-0.15, -0.1) is 0 Å². The maximum Gasteiger partial charge on any atom is 0.254 e. The highest BCUT2D eigenvalue weighted by Gasteiger charge is 2.41. The van der Waals surface area contributed by atoms with Crippen molar-refractivity contribution in [2.24, 2.45) is 7.05 Å². The SMILES string of the molecule is COc1ccc(C[C@@H]2NC(=O)[C@H](Cc3ncc[nH]3)NC(=O)CN(C)C(=O)[C@H](Cc3cn(I)c4ccc(F)cc34)NC(=O)[C@H](Cc3cn(C)c4ccc(F)cc34)NC(=O)CNC(=O)[C@H](C)NC(=O)CCSCc3cccc(c3)CSCCN(I)C(=O)C3CCCN3C2=O)cc1. The maximum absolute atomic E-state index is 15.1. The summed E-state index contributed by atoms with van der Waals surface area (Å²) < 4.78 is 40.3. The maximum atomic E-state index is 15.1. The number of nitrogens with one attached hydrogen (secondary N) is 7. The zero-order valence-corrected chi connectivity index (χ0v) is 58.0. The summed E-state index contributed by atoms with van der Waals surface area (Å²) in [5.41, 5.74) is 4.83. The van der Waals surface area contributed by atoms with Crippen LogP contribution < -0.4 is 36.6 Å². The summed E-state index contributed by atoms with van der Waals surface area (Å²) in [5.74, 6) is -3.97. The van der Waals surface area contributed by atoms with Gasteiger partial charge >= 0.3 is 0 Å². The fourth-order valence-electron chi connectivity index (χ4n) is 11.4. The van der Waals surface area contributed by atoms with Crippen molar-refractivity contribution in [1.82, 2.24) is 62.1 Å². The van der Waals surface area contributed by atoms with Crippen molar-refractivity contribution in [3.05, 3.63) is 155 Å². The molecule has 2 aliphatic heterocycles. The van der Waals surface area contributed by atoms with Gasteiger partial charge in [0.15, 0.2) is 0 Å². The molecule has 9 rings (SSSR count). The smallest absolute Gasteiger partial charge is 0.254 e. The van der Waals surface area contributed by atoms with Gasteiger partial charge in [0.05, 0.1) is 71.4 Å². The number of aryl methyl sites for hydroxylation is 1. The van der Waals surface area contributed by atoms with E-state index in [1.807, 2.05) is 63.9 Å². The lowest BCUT2D eigenvalue weighted by atomic mass is 10.0. The normalized spacial score (nSPS) is 21.4. The summed E-state index contributed by atoms with van der Waals surface area (Å²) in [7, 11) is 4.55. The van der Waals surface area contributed by atoms with Crippen molar-refractivity contribution in [2.45, 2.75) is 99.6 Å². The van der Waals surface area contributed by atoms with Crippen molar-refractivity contribution in [3.8, 4) is 5.75 Å². The zero-order chi connectivity index (χ0) is 67.2. The second-order valence-electron chi connectivity index (χ2n) is 23.1. The highest BCUT2D eigenvalue weighted by molar-refractivity contribution is 14.1. The first-order chi connectivity index (χ1) is 45.1.